The number of nitrogens with one attached hydrogen (secondary N) is 1. The zero-order valence-corrected chi connectivity index (χ0v) is 16.0. The first kappa shape index (κ1) is 19.0. The Bertz CT molecular complexity index is 1010. The van der Waals surface area contributed by atoms with Crippen LogP contribution in [0.15, 0.2) is 54.9 Å². The number of ether oxygens (including phenoxy) is 1. The van der Waals surface area contributed by atoms with E-state index in [1.165, 1.54) is 18.5 Å². The summed E-state index contributed by atoms with van der Waals surface area (Å²) in [5.74, 6) is 0.0218. The van der Waals surface area contributed by atoms with Crippen LogP contribution in [0.2, 0.25) is 0 Å². The van der Waals surface area contributed by atoms with Crippen molar-refractivity contribution in [1.29, 1.82) is 0 Å². The van der Waals surface area contributed by atoms with Crippen molar-refractivity contribution in [1.82, 2.24) is 20.2 Å². The van der Waals surface area contributed by atoms with Crippen molar-refractivity contribution in [3.63, 3.8) is 0 Å². The monoisotopic (exact) mass is 415 g/mol. The molecule has 2 aliphatic heterocycles. The second-order valence-corrected chi connectivity index (χ2v) is 7.78. The number of hydrogen-bond donors (Lipinski definition) is 1. The zero-order valence-electron chi connectivity index (χ0n) is 16.0. The van der Waals surface area contributed by atoms with E-state index in [0.29, 0.717) is 17.8 Å². The highest BCUT2D eigenvalue weighted by molar-refractivity contribution is 5.58. The predicted molar refractivity (Wildman–Crippen MR) is 102 cm³/mol. The van der Waals surface area contributed by atoms with Crippen LogP contribution in [0, 0.1) is 5.92 Å². The van der Waals surface area contributed by atoms with Crippen molar-refractivity contribution in [2.45, 2.75) is 43.8 Å². The lowest BCUT2D eigenvalue weighted by molar-refractivity contribution is -0.138. The lowest BCUT2D eigenvalue weighted by Gasteiger charge is -2.45. The molecule has 0 saturated carbocycles. The fourth-order valence-corrected chi connectivity index (χ4v) is 4.53. The van der Waals surface area contributed by atoms with Crippen LogP contribution in [0.5, 0.6) is 0 Å². The molecule has 1 aromatic heterocycles. The molecule has 5 rings (SSSR count). The fraction of sp³-hybridized carbons (Fsp3) is 0.381. The van der Waals surface area contributed by atoms with Crippen LogP contribution in [0.1, 0.15) is 41.7 Å². The molecule has 0 aliphatic carbocycles. The first-order valence-electron chi connectivity index (χ1n) is 9.88. The molecular weight excluding hydrogens is 395 g/mol. The third kappa shape index (κ3) is 3.54. The number of aromatic nitrogens is 4. The van der Waals surface area contributed by atoms with Gasteiger partial charge in [-0.3, -0.25) is 0 Å². The fourth-order valence-electron chi connectivity index (χ4n) is 4.53. The minimum atomic E-state index is -4.40. The van der Waals surface area contributed by atoms with Crippen LogP contribution >= 0.6 is 0 Å². The molecule has 0 spiro atoms. The lowest BCUT2D eigenvalue weighted by Crippen LogP contribution is -2.40. The Hall–Kier alpha value is -2.94. The normalized spacial score (nSPS) is 25.8. The molecule has 6 nitrogen and oxygen atoms in total. The number of benzene rings is 2. The van der Waals surface area contributed by atoms with E-state index in [4.69, 9.17) is 4.74 Å². The molecule has 30 heavy (non-hydrogen) atoms. The van der Waals surface area contributed by atoms with E-state index in [9.17, 15) is 13.2 Å². The maximum atomic E-state index is 13.4. The first-order chi connectivity index (χ1) is 14.5. The average molecular weight is 415 g/mol. The van der Waals surface area contributed by atoms with E-state index in [2.05, 4.69) is 20.8 Å². The molecule has 4 atom stereocenters. The van der Waals surface area contributed by atoms with E-state index < -0.39 is 17.8 Å². The molecule has 1 saturated heterocycles. The number of rotatable bonds is 3. The summed E-state index contributed by atoms with van der Waals surface area (Å²) in [5, 5.41) is 14.6. The molecule has 0 radical (unpaired) electrons. The van der Waals surface area contributed by atoms with Gasteiger partial charge in [-0.2, -0.15) is 13.2 Å². The Labute approximate surface area is 171 Å². The van der Waals surface area contributed by atoms with Crippen molar-refractivity contribution in [2.24, 2.45) is 5.92 Å². The molecular formula is C21H20F3N5O. The Morgan fingerprint density at radius 1 is 1.10 bits per heavy atom. The third-order valence-electron chi connectivity index (χ3n) is 5.92. The minimum absolute atomic E-state index is 0.0218. The summed E-state index contributed by atoms with van der Waals surface area (Å²) >= 11 is 0. The van der Waals surface area contributed by atoms with Crippen molar-refractivity contribution in [3.05, 3.63) is 71.5 Å². The quantitative estimate of drug-likeness (QED) is 0.687. The summed E-state index contributed by atoms with van der Waals surface area (Å²) in [4.78, 5) is 0. The summed E-state index contributed by atoms with van der Waals surface area (Å²) in [6, 6.07) is 13.8. The van der Waals surface area contributed by atoms with Gasteiger partial charge in [0.25, 0.3) is 0 Å². The molecule has 3 heterocycles. The van der Waals surface area contributed by atoms with Crippen molar-refractivity contribution >= 4 is 5.69 Å². The van der Waals surface area contributed by atoms with Crippen molar-refractivity contribution in [3.8, 4) is 0 Å². The molecule has 156 valence electrons. The van der Waals surface area contributed by atoms with Gasteiger partial charge < -0.3 is 10.1 Å². The van der Waals surface area contributed by atoms with Gasteiger partial charge in [-0.1, -0.05) is 30.3 Å². The zero-order chi connectivity index (χ0) is 20.7. The molecule has 0 amide bonds. The Kier molecular flexibility index (Phi) is 4.69. The predicted octanol–water partition coefficient (Wildman–Crippen LogP) is 4.40. The summed E-state index contributed by atoms with van der Waals surface area (Å²) in [6.07, 6.45) is -1.91. The van der Waals surface area contributed by atoms with E-state index >= 15 is 0 Å². The highest BCUT2D eigenvalue weighted by Gasteiger charge is 2.43. The van der Waals surface area contributed by atoms with Crippen LogP contribution in [0.4, 0.5) is 18.9 Å². The van der Waals surface area contributed by atoms with Gasteiger partial charge in [-0.15, -0.1) is 5.10 Å². The second kappa shape index (κ2) is 7.39. The van der Waals surface area contributed by atoms with Gasteiger partial charge in [0.05, 0.1) is 30.4 Å². The molecule has 1 N–H and O–H groups in total. The van der Waals surface area contributed by atoms with Gasteiger partial charge in [0.15, 0.2) is 0 Å². The Balaban J connectivity index is 1.51. The van der Waals surface area contributed by atoms with Crippen LogP contribution in [-0.4, -0.2) is 26.3 Å². The lowest BCUT2D eigenvalue weighted by atomic mass is 9.76. The standard InChI is InChI=1S/C21H20F3N5O/c22-21(23,24)14-6-9-18-17(10-14)20-16(19(26-18)13-4-2-1-3-5-13)8-7-15(30-20)11-29-12-25-27-28-29/h1-6,9-10,12,15-16,19-20,26H,7-8,11H2/t15-,16+,19+,20+/m1/s1. The Morgan fingerprint density at radius 2 is 1.93 bits per heavy atom. The number of halogens is 3. The van der Waals surface area contributed by atoms with Gasteiger partial charge in [0, 0.05) is 17.2 Å². The summed E-state index contributed by atoms with van der Waals surface area (Å²) in [5.41, 5.74) is 1.68. The van der Waals surface area contributed by atoms with E-state index in [-0.39, 0.29) is 18.1 Å². The number of fused-ring (bicyclic) bond motifs is 3. The van der Waals surface area contributed by atoms with E-state index in [0.717, 1.165) is 24.5 Å². The van der Waals surface area contributed by atoms with E-state index in [1.807, 2.05) is 30.3 Å². The van der Waals surface area contributed by atoms with Crippen LogP contribution in [0.25, 0.3) is 0 Å². The highest BCUT2D eigenvalue weighted by Crippen LogP contribution is 2.51. The van der Waals surface area contributed by atoms with Crippen molar-refractivity contribution < 1.29 is 17.9 Å². The summed E-state index contributed by atoms with van der Waals surface area (Å²) < 4.78 is 48.1. The number of hydrogen-bond acceptors (Lipinski definition) is 5. The topological polar surface area (TPSA) is 64.9 Å². The van der Waals surface area contributed by atoms with Gasteiger partial charge >= 0.3 is 6.18 Å². The molecule has 0 unspecified atom stereocenters. The van der Waals surface area contributed by atoms with Crippen LogP contribution in [-0.2, 0) is 17.5 Å². The largest absolute Gasteiger partial charge is 0.416 e. The average Bonchev–Trinajstić information content (AvgIpc) is 3.26. The van der Waals surface area contributed by atoms with Gasteiger partial charge in [0.1, 0.15) is 6.33 Å². The number of anilines is 1. The number of alkyl halides is 3. The highest BCUT2D eigenvalue weighted by atomic mass is 19.4. The van der Waals surface area contributed by atoms with Crippen LogP contribution in [0.3, 0.4) is 0 Å². The SMILES string of the molecule is FC(F)(F)c1ccc2c(c1)[C@H]1O[C@@H](Cn3cnnn3)CC[C@H]1[C@H](c1ccccc1)N2. The molecule has 9 heteroatoms. The van der Waals surface area contributed by atoms with Gasteiger partial charge in [-0.05, 0) is 47.0 Å². The molecule has 1 fully saturated rings. The minimum Gasteiger partial charge on any atom is -0.378 e. The molecule has 0 bridgehead atoms. The van der Waals surface area contributed by atoms with Crippen molar-refractivity contribution in [2.75, 3.05) is 5.32 Å². The maximum Gasteiger partial charge on any atom is 0.416 e. The van der Waals surface area contributed by atoms with Gasteiger partial charge in [0.2, 0.25) is 0 Å². The summed E-state index contributed by atoms with van der Waals surface area (Å²) in [7, 11) is 0. The second-order valence-electron chi connectivity index (χ2n) is 7.78. The molecule has 2 aliphatic rings. The summed E-state index contributed by atoms with van der Waals surface area (Å²) in [6.45, 7) is 0.466. The first-order valence-corrected chi connectivity index (χ1v) is 9.88. The molecule has 2 aromatic carbocycles. The molecule has 3 aromatic rings. The number of nitrogens with zero attached hydrogens (tertiary/aromatic N) is 4. The third-order valence-corrected chi connectivity index (χ3v) is 5.92. The Morgan fingerprint density at radius 3 is 2.67 bits per heavy atom. The van der Waals surface area contributed by atoms with Crippen LogP contribution < -0.4 is 5.32 Å². The van der Waals surface area contributed by atoms with Gasteiger partial charge in [-0.25, -0.2) is 4.68 Å². The smallest absolute Gasteiger partial charge is 0.378 e. The number of tetrazole rings is 1. The van der Waals surface area contributed by atoms with E-state index in [1.54, 1.807) is 4.68 Å². The maximum absolute atomic E-state index is 13.4.